The number of piperidine rings is 1. The maximum absolute atomic E-state index is 13.5. The predicted molar refractivity (Wildman–Crippen MR) is 130 cm³/mol. The van der Waals surface area contributed by atoms with E-state index in [0.717, 1.165) is 13.1 Å². The minimum atomic E-state index is -3.87. The van der Waals surface area contributed by atoms with E-state index in [1.54, 1.807) is 36.4 Å². The minimum Gasteiger partial charge on any atom is -0.317 e. The van der Waals surface area contributed by atoms with Crippen LogP contribution >= 0.6 is 11.6 Å². The molecular formula is C22H30ClN3O4S2. The molecule has 176 valence electrons. The molecule has 3 rings (SSSR count). The van der Waals surface area contributed by atoms with Gasteiger partial charge in [0.2, 0.25) is 10.0 Å². The molecule has 2 aromatic carbocycles. The van der Waals surface area contributed by atoms with Crippen LogP contribution in [-0.4, -0.2) is 48.8 Å². The van der Waals surface area contributed by atoms with Gasteiger partial charge >= 0.3 is 0 Å². The standard InChI is InChI=1S/C22H30ClN3O4S2/c1-17(2)16-25(21-6-4-5-18(23)15-21)32(29,30)22-9-7-19(8-10-22)26(31(3,27)28)20-11-13-24-14-12-20/h4-10,15,17,20,24H,11-14,16H2,1-3H3. The van der Waals surface area contributed by atoms with E-state index < -0.39 is 20.0 Å². The number of nitrogens with zero attached hydrogens (tertiary/aromatic N) is 2. The molecule has 0 bridgehead atoms. The SMILES string of the molecule is CC(C)CN(c1cccc(Cl)c1)S(=O)(=O)c1ccc(N(C2CCNCC2)S(C)(=O)=O)cc1. The molecule has 1 saturated heterocycles. The molecule has 0 aromatic heterocycles. The molecule has 0 spiro atoms. The van der Waals surface area contributed by atoms with Crippen molar-refractivity contribution in [3.63, 3.8) is 0 Å². The Morgan fingerprint density at radius 1 is 1.00 bits per heavy atom. The second-order valence-corrected chi connectivity index (χ2v) is 12.6. The van der Waals surface area contributed by atoms with Crippen LogP contribution in [0.3, 0.4) is 0 Å². The third kappa shape index (κ3) is 5.75. The first kappa shape index (κ1) is 24.8. The average Bonchev–Trinajstić information content (AvgIpc) is 2.72. The Labute approximate surface area is 196 Å². The van der Waals surface area contributed by atoms with Crippen LogP contribution < -0.4 is 13.9 Å². The van der Waals surface area contributed by atoms with Crippen LogP contribution in [0.25, 0.3) is 0 Å². The molecule has 0 aliphatic carbocycles. The Bertz CT molecular complexity index is 1130. The van der Waals surface area contributed by atoms with E-state index in [4.69, 9.17) is 11.6 Å². The highest BCUT2D eigenvalue weighted by atomic mass is 35.5. The van der Waals surface area contributed by atoms with Gasteiger partial charge in [-0.25, -0.2) is 16.8 Å². The van der Waals surface area contributed by atoms with Crippen molar-refractivity contribution < 1.29 is 16.8 Å². The normalized spacial score (nSPS) is 15.7. The molecule has 1 aliphatic heterocycles. The Morgan fingerprint density at radius 3 is 2.16 bits per heavy atom. The lowest BCUT2D eigenvalue weighted by atomic mass is 10.1. The molecule has 1 fully saturated rings. The average molecular weight is 500 g/mol. The number of halogens is 1. The number of rotatable bonds is 8. The first-order valence-electron chi connectivity index (χ1n) is 10.6. The summed E-state index contributed by atoms with van der Waals surface area (Å²) in [7, 11) is -7.39. The third-order valence-electron chi connectivity index (χ3n) is 5.30. The number of hydrogen-bond donors (Lipinski definition) is 1. The molecule has 0 radical (unpaired) electrons. The summed E-state index contributed by atoms with van der Waals surface area (Å²) in [5.41, 5.74) is 0.958. The number of sulfonamides is 2. The lowest BCUT2D eigenvalue weighted by Gasteiger charge is -2.34. The van der Waals surface area contributed by atoms with Gasteiger partial charge in [0.15, 0.2) is 0 Å². The summed E-state index contributed by atoms with van der Waals surface area (Å²) in [6, 6.07) is 12.7. The molecule has 0 atom stereocenters. The Kier molecular flexibility index (Phi) is 7.75. The molecule has 2 aromatic rings. The van der Waals surface area contributed by atoms with E-state index in [-0.39, 0.29) is 23.4 Å². The fourth-order valence-electron chi connectivity index (χ4n) is 3.91. The zero-order valence-electron chi connectivity index (χ0n) is 18.5. The molecule has 1 N–H and O–H groups in total. The van der Waals surface area contributed by atoms with E-state index in [1.807, 2.05) is 13.8 Å². The number of nitrogens with one attached hydrogen (secondary N) is 1. The topological polar surface area (TPSA) is 86.8 Å². The Morgan fingerprint density at radius 2 is 1.62 bits per heavy atom. The number of anilines is 2. The first-order valence-corrected chi connectivity index (χ1v) is 14.3. The van der Waals surface area contributed by atoms with Crippen molar-refractivity contribution in [2.24, 2.45) is 5.92 Å². The zero-order chi connectivity index (χ0) is 23.5. The smallest absolute Gasteiger partial charge is 0.264 e. The van der Waals surface area contributed by atoms with Crippen LogP contribution in [-0.2, 0) is 20.0 Å². The summed E-state index contributed by atoms with van der Waals surface area (Å²) in [5.74, 6) is 0.0867. The second kappa shape index (κ2) is 9.99. The highest BCUT2D eigenvalue weighted by molar-refractivity contribution is 7.93. The second-order valence-electron chi connectivity index (χ2n) is 8.44. The van der Waals surface area contributed by atoms with E-state index in [1.165, 1.54) is 27.0 Å². The van der Waals surface area contributed by atoms with Gasteiger partial charge < -0.3 is 5.32 Å². The van der Waals surface area contributed by atoms with Gasteiger partial charge in [-0.3, -0.25) is 8.61 Å². The zero-order valence-corrected chi connectivity index (χ0v) is 20.9. The van der Waals surface area contributed by atoms with Crippen LogP contribution in [0, 0.1) is 5.92 Å². The summed E-state index contributed by atoms with van der Waals surface area (Å²) < 4.78 is 54.8. The molecule has 0 saturated carbocycles. The molecule has 1 heterocycles. The highest BCUT2D eigenvalue weighted by Gasteiger charge is 2.30. The monoisotopic (exact) mass is 499 g/mol. The predicted octanol–water partition coefficient (Wildman–Crippen LogP) is 3.71. The quantitative estimate of drug-likeness (QED) is 0.598. The van der Waals surface area contributed by atoms with Gasteiger partial charge in [-0.05, 0) is 74.3 Å². The van der Waals surface area contributed by atoms with Crippen LogP contribution in [0.5, 0.6) is 0 Å². The van der Waals surface area contributed by atoms with E-state index in [9.17, 15) is 16.8 Å². The van der Waals surface area contributed by atoms with Crippen molar-refractivity contribution in [3.05, 3.63) is 53.6 Å². The van der Waals surface area contributed by atoms with Gasteiger partial charge in [-0.1, -0.05) is 31.5 Å². The van der Waals surface area contributed by atoms with Gasteiger partial charge in [0, 0.05) is 17.6 Å². The minimum absolute atomic E-state index is 0.0867. The summed E-state index contributed by atoms with van der Waals surface area (Å²) >= 11 is 6.11. The lowest BCUT2D eigenvalue weighted by Crippen LogP contribution is -2.46. The Hall–Kier alpha value is -1.81. The van der Waals surface area contributed by atoms with Crippen molar-refractivity contribution in [1.29, 1.82) is 0 Å². The van der Waals surface area contributed by atoms with Gasteiger partial charge in [-0.2, -0.15) is 0 Å². The molecule has 0 unspecified atom stereocenters. The molecule has 1 aliphatic rings. The molecule has 10 heteroatoms. The van der Waals surface area contributed by atoms with Crippen molar-refractivity contribution in [3.8, 4) is 0 Å². The summed E-state index contributed by atoms with van der Waals surface area (Å²) in [4.78, 5) is 0.0978. The fraction of sp³-hybridized carbons (Fsp3) is 0.455. The summed E-state index contributed by atoms with van der Waals surface area (Å²) in [6.07, 6.45) is 2.58. The highest BCUT2D eigenvalue weighted by Crippen LogP contribution is 2.30. The molecule has 32 heavy (non-hydrogen) atoms. The number of hydrogen-bond acceptors (Lipinski definition) is 5. The van der Waals surface area contributed by atoms with E-state index in [2.05, 4.69) is 5.32 Å². The van der Waals surface area contributed by atoms with Crippen LogP contribution in [0.1, 0.15) is 26.7 Å². The lowest BCUT2D eigenvalue weighted by molar-refractivity contribution is 0.454. The van der Waals surface area contributed by atoms with Crippen molar-refractivity contribution >= 4 is 43.0 Å². The van der Waals surface area contributed by atoms with Crippen molar-refractivity contribution in [1.82, 2.24) is 5.32 Å². The van der Waals surface area contributed by atoms with E-state index in [0.29, 0.717) is 29.2 Å². The van der Waals surface area contributed by atoms with Crippen LogP contribution in [0.2, 0.25) is 5.02 Å². The maximum Gasteiger partial charge on any atom is 0.264 e. The largest absolute Gasteiger partial charge is 0.317 e. The fourth-order valence-corrected chi connectivity index (χ4v) is 6.97. The maximum atomic E-state index is 13.5. The first-order chi connectivity index (χ1) is 15.0. The van der Waals surface area contributed by atoms with Gasteiger partial charge in [-0.15, -0.1) is 0 Å². The third-order valence-corrected chi connectivity index (χ3v) is 8.57. The van der Waals surface area contributed by atoms with Gasteiger partial charge in [0.25, 0.3) is 10.0 Å². The van der Waals surface area contributed by atoms with Crippen molar-refractivity contribution in [2.75, 3.05) is 34.5 Å². The number of benzene rings is 2. The van der Waals surface area contributed by atoms with E-state index >= 15 is 0 Å². The molecule has 7 nitrogen and oxygen atoms in total. The van der Waals surface area contributed by atoms with Gasteiger partial charge in [0.1, 0.15) is 0 Å². The van der Waals surface area contributed by atoms with Crippen molar-refractivity contribution in [2.45, 2.75) is 37.6 Å². The summed E-state index contributed by atoms with van der Waals surface area (Å²) in [5, 5.41) is 3.68. The Balaban J connectivity index is 1.97. The van der Waals surface area contributed by atoms with Crippen LogP contribution in [0.15, 0.2) is 53.4 Å². The van der Waals surface area contributed by atoms with Gasteiger partial charge in [0.05, 0.1) is 22.5 Å². The summed E-state index contributed by atoms with van der Waals surface area (Å²) in [6.45, 7) is 5.66. The molecule has 0 amide bonds. The van der Waals surface area contributed by atoms with Crippen LogP contribution in [0.4, 0.5) is 11.4 Å². The molecular weight excluding hydrogens is 470 g/mol.